The molecule has 0 saturated heterocycles. The third-order valence-electron chi connectivity index (χ3n) is 6.35. The van der Waals surface area contributed by atoms with Crippen LogP contribution in [0, 0.1) is 11.3 Å². The van der Waals surface area contributed by atoms with E-state index in [9.17, 15) is 10.1 Å². The van der Waals surface area contributed by atoms with Gasteiger partial charge in [0.2, 0.25) is 0 Å². The number of rotatable bonds is 8. The Kier molecular flexibility index (Phi) is 7.06. The van der Waals surface area contributed by atoms with E-state index in [0.717, 1.165) is 17.0 Å². The SMILES string of the molecule is N#Cc1ccccc1CN1CCNc2nc(CNCc3ccccc3)n(Cc3ccccc3)c2C1=O. The van der Waals surface area contributed by atoms with Crippen LogP contribution in [0.25, 0.3) is 0 Å². The van der Waals surface area contributed by atoms with Gasteiger partial charge in [0, 0.05) is 32.7 Å². The molecule has 3 aromatic carbocycles. The Hall–Kier alpha value is -4.41. The maximum Gasteiger partial charge on any atom is 0.274 e. The van der Waals surface area contributed by atoms with Crippen LogP contribution < -0.4 is 10.6 Å². The Morgan fingerprint density at radius 3 is 2.33 bits per heavy atom. The van der Waals surface area contributed by atoms with E-state index in [1.54, 1.807) is 11.0 Å². The lowest BCUT2D eigenvalue weighted by Crippen LogP contribution is -2.34. The standard InChI is InChI=1S/C29H28N6O/c30-17-24-13-7-8-14-25(24)21-34-16-15-32-28-27(29(34)36)35(20-23-11-5-2-6-12-23)26(33-28)19-31-18-22-9-3-1-4-10-22/h1-14,31-32H,15-16,18-21H2. The highest BCUT2D eigenvalue weighted by atomic mass is 16.2. The first-order valence-corrected chi connectivity index (χ1v) is 12.1. The summed E-state index contributed by atoms with van der Waals surface area (Å²) in [5.41, 5.74) is 4.28. The molecule has 5 rings (SSSR count). The molecular weight excluding hydrogens is 448 g/mol. The molecule has 0 radical (unpaired) electrons. The number of fused-ring (bicyclic) bond motifs is 1. The van der Waals surface area contributed by atoms with E-state index in [0.29, 0.717) is 56.3 Å². The van der Waals surface area contributed by atoms with Crippen molar-refractivity contribution in [3.05, 3.63) is 119 Å². The number of anilines is 1. The van der Waals surface area contributed by atoms with Crippen LogP contribution in [-0.4, -0.2) is 33.4 Å². The molecule has 180 valence electrons. The third kappa shape index (κ3) is 5.14. The normalized spacial score (nSPS) is 13.0. The summed E-state index contributed by atoms with van der Waals surface area (Å²) in [6, 6.07) is 30.0. The van der Waals surface area contributed by atoms with Crippen LogP contribution >= 0.6 is 0 Å². The highest BCUT2D eigenvalue weighted by Gasteiger charge is 2.30. The summed E-state index contributed by atoms with van der Waals surface area (Å²) in [5.74, 6) is 1.34. The largest absolute Gasteiger partial charge is 0.366 e. The number of nitrogens with one attached hydrogen (secondary N) is 2. The Morgan fingerprint density at radius 1 is 0.889 bits per heavy atom. The van der Waals surface area contributed by atoms with Crippen molar-refractivity contribution in [3.8, 4) is 6.07 Å². The molecule has 1 aliphatic heterocycles. The minimum Gasteiger partial charge on any atom is -0.366 e. The Bertz CT molecular complexity index is 1370. The van der Waals surface area contributed by atoms with Crippen molar-refractivity contribution in [2.24, 2.45) is 0 Å². The van der Waals surface area contributed by atoms with Gasteiger partial charge in [0.25, 0.3) is 5.91 Å². The number of imidazole rings is 1. The molecule has 0 atom stereocenters. The average molecular weight is 477 g/mol. The minimum absolute atomic E-state index is 0.0829. The van der Waals surface area contributed by atoms with Gasteiger partial charge < -0.3 is 20.1 Å². The van der Waals surface area contributed by atoms with Crippen LogP contribution in [0.4, 0.5) is 5.82 Å². The molecule has 1 aliphatic rings. The zero-order valence-corrected chi connectivity index (χ0v) is 20.0. The maximum absolute atomic E-state index is 13.9. The first-order chi connectivity index (χ1) is 17.7. The number of carbonyl (C=O) groups excluding carboxylic acids is 1. The monoisotopic (exact) mass is 476 g/mol. The molecule has 0 bridgehead atoms. The van der Waals surface area contributed by atoms with Crippen LogP contribution in [0.15, 0.2) is 84.9 Å². The molecule has 1 aromatic heterocycles. The molecule has 0 unspecified atom stereocenters. The molecule has 0 aliphatic carbocycles. The number of benzene rings is 3. The van der Waals surface area contributed by atoms with Crippen molar-refractivity contribution in [1.29, 1.82) is 5.26 Å². The van der Waals surface area contributed by atoms with Crippen molar-refractivity contribution in [3.63, 3.8) is 0 Å². The zero-order valence-electron chi connectivity index (χ0n) is 20.0. The van der Waals surface area contributed by atoms with Crippen molar-refractivity contribution in [1.82, 2.24) is 19.8 Å². The lowest BCUT2D eigenvalue weighted by molar-refractivity contribution is 0.0745. The highest BCUT2D eigenvalue weighted by molar-refractivity contribution is 5.98. The molecular formula is C29H28N6O. The summed E-state index contributed by atoms with van der Waals surface area (Å²) in [7, 11) is 0. The van der Waals surface area contributed by atoms with Crippen molar-refractivity contribution < 1.29 is 4.79 Å². The van der Waals surface area contributed by atoms with E-state index < -0.39 is 0 Å². The Balaban J connectivity index is 1.45. The van der Waals surface area contributed by atoms with Gasteiger partial charge in [-0.15, -0.1) is 0 Å². The van der Waals surface area contributed by atoms with E-state index in [2.05, 4.69) is 41.0 Å². The summed E-state index contributed by atoms with van der Waals surface area (Å²) in [6.07, 6.45) is 0. The third-order valence-corrected chi connectivity index (χ3v) is 6.35. The maximum atomic E-state index is 13.9. The number of hydrogen-bond acceptors (Lipinski definition) is 5. The topological polar surface area (TPSA) is 86.0 Å². The molecule has 2 N–H and O–H groups in total. The molecule has 0 spiro atoms. The summed E-state index contributed by atoms with van der Waals surface area (Å²) in [4.78, 5) is 20.5. The predicted octanol–water partition coefficient (Wildman–Crippen LogP) is 4.16. The number of nitrogens with zero attached hydrogens (tertiary/aromatic N) is 4. The van der Waals surface area contributed by atoms with Gasteiger partial charge in [-0.2, -0.15) is 5.26 Å². The molecule has 0 saturated carbocycles. The van der Waals surface area contributed by atoms with Crippen molar-refractivity contribution in [2.45, 2.75) is 26.2 Å². The van der Waals surface area contributed by atoms with Gasteiger partial charge in [0.1, 0.15) is 5.82 Å². The molecule has 2 heterocycles. The predicted molar refractivity (Wildman–Crippen MR) is 139 cm³/mol. The summed E-state index contributed by atoms with van der Waals surface area (Å²) < 4.78 is 2.02. The van der Waals surface area contributed by atoms with Gasteiger partial charge in [-0.1, -0.05) is 78.9 Å². The zero-order chi connectivity index (χ0) is 24.7. The van der Waals surface area contributed by atoms with Gasteiger partial charge in [0.15, 0.2) is 11.5 Å². The lowest BCUT2D eigenvalue weighted by atomic mass is 10.1. The van der Waals surface area contributed by atoms with Crippen LogP contribution in [0.3, 0.4) is 0 Å². The quantitative estimate of drug-likeness (QED) is 0.399. The number of nitriles is 1. The van der Waals surface area contributed by atoms with E-state index in [1.807, 2.05) is 59.2 Å². The summed E-state index contributed by atoms with van der Waals surface area (Å²) >= 11 is 0. The van der Waals surface area contributed by atoms with Gasteiger partial charge in [-0.05, 0) is 22.8 Å². The molecule has 7 heteroatoms. The number of hydrogen-bond donors (Lipinski definition) is 2. The molecule has 7 nitrogen and oxygen atoms in total. The Labute approximate surface area is 211 Å². The van der Waals surface area contributed by atoms with E-state index in [-0.39, 0.29) is 5.91 Å². The van der Waals surface area contributed by atoms with Gasteiger partial charge >= 0.3 is 0 Å². The first kappa shape index (κ1) is 23.3. The van der Waals surface area contributed by atoms with Crippen molar-refractivity contribution in [2.75, 3.05) is 18.4 Å². The fourth-order valence-corrected chi connectivity index (χ4v) is 4.51. The molecule has 36 heavy (non-hydrogen) atoms. The van der Waals surface area contributed by atoms with Gasteiger partial charge in [0.05, 0.1) is 18.2 Å². The smallest absolute Gasteiger partial charge is 0.274 e. The number of aromatic nitrogens is 2. The lowest BCUT2D eigenvalue weighted by Gasteiger charge is -2.22. The second-order valence-corrected chi connectivity index (χ2v) is 8.81. The molecule has 0 fully saturated rings. The van der Waals surface area contributed by atoms with Crippen LogP contribution in [0.2, 0.25) is 0 Å². The molecule has 4 aromatic rings. The highest BCUT2D eigenvalue weighted by Crippen LogP contribution is 2.25. The molecule has 1 amide bonds. The van der Waals surface area contributed by atoms with Crippen LogP contribution in [0.5, 0.6) is 0 Å². The van der Waals surface area contributed by atoms with E-state index >= 15 is 0 Å². The number of amides is 1. The minimum atomic E-state index is -0.0829. The van der Waals surface area contributed by atoms with E-state index in [4.69, 9.17) is 4.98 Å². The van der Waals surface area contributed by atoms with Gasteiger partial charge in [-0.3, -0.25) is 4.79 Å². The first-order valence-electron chi connectivity index (χ1n) is 12.1. The van der Waals surface area contributed by atoms with Crippen LogP contribution in [0.1, 0.15) is 38.6 Å². The van der Waals surface area contributed by atoms with Crippen LogP contribution in [-0.2, 0) is 26.2 Å². The summed E-state index contributed by atoms with van der Waals surface area (Å²) in [5, 5.41) is 16.4. The fraction of sp³-hybridized carbons (Fsp3) is 0.207. The van der Waals surface area contributed by atoms with E-state index in [1.165, 1.54) is 5.56 Å². The summed E-state index contributed by atoms with van der Waals surface area (Å²) in [6.45, 7) is 3.28. The average Bonchev–Trinajstić information content (AvgIpc) is 3.17. The second-order valence-electron chi connectivity index (χ2n) is 8.81. The number of carbonyl (C=O) groups is 1. The Morgan fingerprint density at radius 2 is 1.58 bits per heavy atom. The van der Waals surface area contributed by atoms with Gasteiger partial charge in [-0.25, -0.2) is 4.98 Å². The second kappa shape index (κ2) is 10.9. The van der Waals surface area contributed by atoms with Crippen molar-refractivity contribution >= 4 is 11.7 Å². The fourth-order valence-electron chi connectivity index (χ4n) is 4.51.